The smallest absolute Gasteiger partial charge is 0.381 e. The number of benzene rings is 2. The van der Waals surface area contributed by atoms with E-state index in [9.17, 15) is 18.0 Å². The Morgan fingerprint density at radius 1 is 0.923 bits per heavy atom. The summed E-state index contributed by atoms with van der Waals surface area (Å²) in [7, 11) is 0. The van der Waals surface area contributed by atoms with Crippen LogP contribution in [0.25, 0.3) is 0 Å². The van der Waals surface area contributed by atoms with E-state index in [1.54, 1.807) is 12.1 Å². The number of hydrogen-bond donors (Lipinski definition) is 1. The van der Waals surface area contributed by atoms with Gasteiger partial charge in [0.1, 0.15) is 0 Å². The molecule has 2 aliphatic heterocycles. The number of carbonyl (C=O) groups excluding carboxylic acids is 1. The van der Waals surface area contributed by atoms with E-state index in [2.05, 4.69) is 60.2 Å². The summed E-state index contributed by atoms with van der Waals surface area (Å²) in [6.07, 6.45) is 3.43. The SMILES string of the molecule is CC(C)(C)c1ccc(N2CCCN(CCC(=O)N3CCCC(Nc4ccc(SC(F)(F)F)cc4)C3)CC2)cc1. The molecule has 0 saturated carbocycles. The van der Waals surface area contributed by atoms with Crippen LogP contribution in [0, 0.1) is 0 Å². The van der Waals surface area contributed by atoms with Crippen molar-refractivity contribution in [1.29, 1.82) is 0 Å². The Hall–Kier alpha value is -2.39. The number of hydrogen-bond acceptors (Lipinski definition) is 5. The molecular weight excluding hydrogens is 521 g/mol. The van der Waals surface area contributed by atoms with Crippen LogP contribution in [0.1, 0.15) is 52.0 Å². The Morgan fingerprint density at radius 3 is 2.31 bits per heavy atom. The molecule has 0 aromatic heterocycles. The minimum Gasteiger partial charge on any atom is -0.381 e. The molecule has 0 radical (unpaired) electrons. The lowest BCUT2D eigenvalue weighted by Crippen LogP contribution is -2.46. The van der Waals surface area contributed by atoms with Gasteiger partial charge in [0.2, 0.25) is 5.91 Å². The summed E-state index contributed by atoms with van der Waals surface area (Å²) in [5, 5.41) is 3.40. The molecule has 0 spiro atoms. The van der Waals surface area contributed by atoms with Crippen LogP contribution in [0.15, 0.2) is 53.4 Å². The zero-order valence-corrected chi connectivity index (χ0v) is 24.1. The minimum atomic E-state index is -4.29. The fourth-order valence-electron chi connectivity index (χ4n) is 5.35. The van der Waals surface area contributed by atoms with E-state index >= 15 is 0 Å². The van der Waals surface area contributed by atoms with Crippen molar-refractivity contribution in [1.82, 2.24) is 9.80 Å². The number of carbonyl (C=O) groups is 1. The van der Waals surface area contributed by atoms with Crippen LogP contribution in [0.4, 0.5) is 24.5 Å². The first-order valence-electron chi connectivity index (χ1n) is 13.9. The van der Waals surface area contributed by atoms with Gasteiger partial charge < -0.3 is 20.0 Å². The van der Waals surface area contributed by atoms with Gasteiger partial charge >= 0.3 is 5.51 Å². The predicted molar refractivity (Wildman–Crippen MR) is 155 cm³/mol. The fourth-order valence-corrected chi connectivity index (χ4v) is 5.89. The van der Waals surface area contributed by atoms with Crippen LogP contribution < -0.4 is 10.2 Å². The fraction of sp³-hybridized carbons (Fsp3) is 0.567. The molecule has 2 aliphatic rings. The molecule has 39 heavy (non-hydrogen) atoms. The van der Waals surface area contributed by atoms with Crippen LogP contribution in [0.3, 0.4) is 0 Å². The number of nitrogens with zero attached hydrogens (tertiary/aromatic N) is 3. The number of nitrogens with one attached hydrogen (secondary N) is 1. The zero-order chi connectivity index (χ0) is 28.0. The highest BCUT2D eigenvalue weighted by molar-refractivity contribution is 8.00. The molecule has 0 aliphatic carbocycles. The molecule has 1 N–H and O–H groups in total. The van der Waals surface area contributed by atoms with E-state index in [0.29, 0.717) is 13.0 Å². The van der Waals surface area contributed by atoms with E-state index in [0.717, 1.165) is 64.2 Å². The third-order valence-corrected chi connectivity index (χ3v) is 8.30. The topological polar surface area (TPSA) is 38.8 Å². The number of rotatable bonds is 7. The number of anilines is 2. The molecule has 1 unspecified atom stereocenters. The summed E-state index contributed by atoms with van der Waals surface area (Å²) in [6, 6.07) is 15.4. The number of piperidine rings is 1. The zero-order valence-electron chi connectivity index (χ0n) is 23.3. The molecular formula is C30H41F3N4OS. The van der Waals surface area contributed by atoms with E-state index in [-0.39, 0.29) is 34.0 Å². The molecule has 1 atom stereocenters. The van der Waals surface area contributed by atoms with Gasteiger partial charge in [0.05, 0.1) is 0 Å². The number of thioether (sulfide) groups is 1. The highest BCUT2D eigenvalue weighted by atomic mass is 32.2. The van der Waals surface area contributed by atoms with Crippen LogP contribution in [0.5, 0.6) is 0 Å². The van der Waals surface area contributed by atoms with Gasteiger partial charge in [-0.2, -0.15) is 13.2 Å². The standard InChI is InChI=1S/C30H41F3N4OS/c1-29(2,3)23-7-11-26(12-8-23)36-18-5-16-35(20-21-36)19-15-28(38)37-17-4-6-25(22-37)34-24-9-13-27(14-10-24)39-30(31,32)33/h7-14,25,34H,4-6,15-22H2,1-3H3. The summed E-state index contributed by atoms with van der Waals surface area (Å²) in [5.41, 5.74) is -0.751. The summed E-state index contributed by atoms with van der Waals surface area (Å²) < 4.78 is 37.7. The minimum absolute atomic E-state index is 0.0974. The average molecular weight is 563 g/mol. The normalized spacial score (nSPS) is 19.6. The summed E-state index contributed by atoms with van der Waals surface area (Å²) in [4.78, 5) is 20.0. The monoisotopic (exact) mass is 562 g/mol. The average Bonchev–Trinajstić information content (AvgIpc) is 3.13. The van der Waals surface area contributed by atoms with Gasteiger partial charge in [-0.1, -0.05) is 32.9 Å². The van der Waals surface area contributed by atoms with Crippen molar-refractivity contribution in [3.8, 4) is 0 Å². The highest BCUT2D eigenvalue weighted by Gasteiger charge is 2.29. The molecule has 9 heteroatoms. The van der Waals surface area contributed by atoms with Crippen molar-refractivity contribution in [2.45, 2.75) is 68.3 Å². The largest absolute Gasteiger partial charge is 0.446 e. The van der Waals surface area contributed by atoms with Gasteiger partial charge in [0.25, 0.3) is 0 Å². The molecule has 0 bridgehead atoms. The van der Waals surface area contributed by atoms with E-state index < -0.39 is 5.51 Å². The van der Waals surface area contributed by atoms with E-state index in [1.165, 1.54) is 23.4 Å². The second kappa shape index (κ2) is 12.9. The first kappa shape index (κ1) is 29.6. The van der Waals surface area contributed by atoms with Gasteiger partial charge in [-0.25, -0.2) is 0 Å². The van der Waals surface area contributed by atoms with Gasteiger partial charge in [-0.05, 0) is 84.9 Å². The lowest BCUT2D eigenvalue weighted by atomic mass is 9.87. The number of alkyl halides is 3. The van der Waals surface area contributed by atoms with Crippen LogP contribution in [-0.2, 0) is 10.2 Å². The summed E-state index contributed by atoms with van der Waals surface area (Å²) in [6.45, 7) is 12.8. The molecule has 214 valence electrons. The molecule has 1 amide bonds. The van der Waals surface area contributed by atoms with Gasteiger partial charge in [0.15, 0.2) is 0 Å². The Balaban J connectivity index is 1.21. The lowest BCUT2D eigenvalue weighted by Gasteiger charge is -2.34. The Labute approximate surface area is 235 Å². The van der Waals surface area contributed by atoms with Crippen molar-refractivity contribution in [2.75, 3.05) is 56.0 Å². The molecule has 2 saturated heterocycles. The highest BCUT2D eigenvalue weighted by Crippen LogP contribution is 2.37. The van der Waals surface area contributed by atoms with Crippen molar-refractivity contribution < 1.29 is 18.0 Å². The van der Waals surface area contributed by atoms with Crippen LogP contribution in [0.2, 0.25) is 0 Å². The Bertz CT molecular complexity index is 1070. The maximum Gasteiger partial charge on any atom is 0.446 e. The molecule has 2 aromatic carbocycles. The first-order valence-corrected chi connectivity index (χ1v) is 14.8. The Morgan fingerprint density at radius 2 is 1.64 bits per heavy atom. The van der Waals surface area contributed by atoms with Crippen LogP contribution >= 0.6 is 11.8 Å². The number of halogens is 3. The van der Waals surface area contributed by atoms with Crippen molar-refractivity contribution in [2.24, 2.45) is 0 Å². The van der Waals surface area contributed by atoms with Crippen molar-refractivity contribution in [3.05, 3.63) is 54.1 Å². The van der Waals surface area contributed by atoms with E-state index in [4.69, 9.17) is 0 Å². The maximum atomic E-state index is 13.1. The quantitative estimate of drug-likeness (QED) is 0.385. The predicted octanol–water partition coefficient (Wildman–Crippen LogP) is 6.60. The maximum absolute atomic E-state index is 13.1. The summed E-state index contributed by atoms with van der Waals surface area (Å²) in [5.74, 6) is 0.178. The van der Waals surface area contributed by atoms with Gasteiger partial charge in [0, 0.05) is 68.0 Å². The van der Waals surface area contributed by atoms with Gasteiger partial charge in [-0.15, -0.1) is 0 Å². The van der Waals surface area contributed by atoms with Crippen LogP contribution in [-0.4, -0.2) is 73.1 Å². The molecule has 4 rings (SSSR count). The third kappa shape index (κ3) is 9.07. The molecule has 2 heterocycles. The summed E-state index contributed by atoms with van der Waals surface area (Å²) >= 11 is -0.109. The molecule has 2 aromatic rings. The first-order chi connectivity index (χ1) is 18.5. The number of amides is 1. The third-order valence-electron chi connectivity index (χ3n) is 7.56. The second-order valence-corrected chi connectivity index (χ2v) is 12.8. The molecule has 2 fully saturated rings. The van der Waals surface area contributed by atoms with Gasteiger partial charge in [-0.3, -0.25) is 4.79 Å². The Kier molecular flexibility index (Phi) is 9.75. The number of likely N-dealkylation sites (tertiary alicyclic amines) is 1. The second-order valence-electron chi connectivity index (χ2n) is 11.6. The lowest BCUT2D eigenvalue weighted by molar-refractivity contribution is -0.132. The van der Waals surface area contributed by atoms with Crippen molar-refractivity contribution in [3.63, 3.8) is 0 Å². The van der Waals surface area contributed by atoms with Crippen molar-refractivity contribution >= 4 is 29.0 Å². The molecule has 5 nitrogen and oxygen atoms in total. The van der Waals surface area contributed by atoms with E-state index in [1.807, 2.05) is 4.90 Å².